The average Bonchev–Trinajstić information content (AvgIpc) is 2.40. The fraction of sp³-hybridized carbons (Fsp3) is 1.00. The standard InChI is InChI=1S/C16H35NO/c1-6-9-10-11-12-13-14-15(17-8-3)16(4,7-2)18-5/h15,17H,6-14H2,1-5H3. The lowest BCUT2D eigenvalue weighted by Crippen LogP contribution is -2.49. The Hall–Kier alpha value is -0.0800. The molecule has 0 radical (unpaired) electrons. The van der Waals surface area contributed by atoms with Crippen LogP contribution in [0.2, 0.25) is 0 Å². The molecule has 2 heteroatoms. The zero-order valence-corrected chi connectivity index (χ0v) is 13.3. The monoisotopic (exact) mass is 257 g/mol. The van der Waals surface area contributed by atoms with Gasteiger partial charge in [-0.1, -0.05) is 59.3 Å². The Morgan fingerprint density at radius 2 is 1.61 bits per heavy atom. The lowest BCUT2D eigenvalue weighted by atomic mass is 9.89. The van der Waals surface area contributed by atoms with Crippen LogP contribution < -0.4 is 5.32 Å². The molecule has 0 aromatic carbocycles. The molecule has 0 saturated carbocycles. The molecule has 1 N–H and O–H groups in total. The normalized spacial score (nSPS) is 16.5. The molecule has 0 aliphatic carbocycles. The van der Waals surface area contributed by atoms with Crippen LogP contribution in [-0.2, 0) is 4.74 Å². The average molecular weight is 257 g/mol. The second kappa shape index (κ2) is 10.8. The van der Waals surface area contributed by atoms with Gasteiger partial charge < -0.3 is 10.1 Å². The molecular formula is C16H35NO. The van der Waals surface area contributed by atoms with E-state index in [1.807, 2.05) is 7.11 Å². The van der Waals surface area contributed by atoms with Gasteiger partial charge in [0.2, 0.25) is 0 Å². The molecule has 18 heavy (non-hydrogen) atoms. The van der Waals surface area contributed by atoms with Crippen LogP contribution in [0.3, 0.4) is 0 Å². The van der Waals surface area contributed by atoms with Crippen LogP contribution in [0.1, 0.15) is 79.1 Å². The van der Waals surface area contributed by atoms with Crippen molar-refractivity contribution >= 4 is 0 Å². The Morgan fingerprint density at radius 1 is 1.00 bits per heavy atom. The molecule has 0 amide bonds. The van der Waals surface area contributed by atoms with E-state index in [4.69, 9.17) is 4.74 Å². The third-order valence-corrected chi connectivity index (χ3v) is 4.20. The molecule has 0 aromatic rings. The minimum absolute atomic E-state index is 0.0145. The quantitative estimate of drug-likeness (QED) is 0.519. The van der Waals surface area contributed by atoms with E-state index in [2.05, 4.69) is 33.0 Å². The highest BCUT2D eigenvalue weighted by atomic mass is 16.5. The number of methoxy groups -OCH3 is 1. The first-order chi connectivity index (χ1) is 8.64. The Bertz CT molecular complexity index is 178. The number of hydrogen-bond donors (Lipinski definition) is 1. The minimum Gasteiger partial charge on any atom is -0.377 e. The van der Waals surface area contributed by atoms with E-state index < -0.39 is 0 Å². The molecule has 0 aromatic heterocycles. The van der Waals surface area contributed by atoms with Crippen molar-refractivity contribution in [3.05, 3.63) is 0 Å². The Balaban J connectivity index is 3.96. The summed E-state index contributed by atoms with van der Waals surface area (Å²) < 4.78 is 5.73. The Labute approximate surface area is 115 Å². The van der Waals surface area contributed by atoms with Gasteiger partial charge in [0, 0.05) is 13.2 Å². The van der Waals surface area contributed by atoms with E-state index in [1.54, 1.807) is 0 Å². The Morgan fingerprint density at radius 3 is 2.11 bits per heavy atom. The van der Waals surface area contributed by atoms with Crippen molar-refractivity contribution < 1.29 is 4.74 Å². The number of ether oxygens (including phenoxy) is 1. The summed E-state index contributed by atoms with van der Waals surface area (Å²) in [5.41, 5.74) is -0.0145. The van der Waals surface area contributed by atoms with Crippen molar-refractivity contribution in [2.24, 2.45) is 0 Å². The van der Waals surface area contributed by atoms with Crippen molar-refractivity contribution in [2.45, 2.75) is 90.7 Å². The van der Waals surface area contributed by atoms with Crippen molar-refractivity contribution in [3.63, 3.8) is 0 Å². The van der Waals surface area contributed by atoms with E-state index in [9.17, 15) is 0 Å². The number of nitrogens with one attached hydrogen (secondary N) is 1. The summed E-state index contributed by atoms with van der Waals surface area (Å²) in [7, 11) is 1.84. The first-order valence-corrected chi connectivity index (χ1v) is 7.93. The van der Waals surface area contributed by atoms with Gasteiger partial charge in [0.05, 0.1) is 5.60 Å². The summed E-state index contributed by atoms with van der Waals surface area (Å²) >= 11 is 0. The molecule has 0 bridgehead atoms. The smallest absolute Gasteiger partial charge is 0.0800 e. The largest absolute Gasteiger partial charge is 0.377 e. The number of likely N-dealkylation sites (N-methyl/N-ethyl adjacent to an activating group) is 1. The second-order valence-corrected chi connectivity index (χ2v) is 5.54. The van der Waals surface area contributed by atoms with Crippen LogP contribution in [-0.4, -0.2) is 25.3 Å². The first kappa shape index (κ1) is 17.9. The van der Waals surface area contributed by atoms with Crippen LogP contribution >= 0.6 is 0 Å². The van der Waals surface area contributed by atoms with E-state index in [1.165, 1.54) is 44.9 Å². The predicted molar refractivity (Wildman–Crippen MR) is 81.2 cm³/mol. The highest BCUT2D eigenvalue weighted by Crippen LogP contribution is 2.23. The van der Waals surface area contributed by atoms with E-state index in [-0.39, 0.29) is 5.60 Å². The fourth-order valence-electron chi connectivity index (χ4n) is 2.53. The van der Waals surface area contributed by atoms with Gasteiger partial charge in [0.15, 0.2) is 0 Å². The zero-order chi connectivity index (χ0) is 13.9. The molecule has 0 aliphatic heterocycles. The van der Waals surface area contributed by atoms with Crippen LogP contribution in [0, 0.1) is 0 Å². The predicted octanol–water partition coefficient (Wildman–Crippen LogP) is 4.53. The molecule has 110 valence electrons. The summed E-state index contributed by atoms with van der Waals surface area (Å²) in [6.45, 7) is 9.93. The third kappa shape index (κ3) is 6.75. The van der Waals surface area contributed by atoms with Gasteiger partial charge in [0.1, 0.15) is 0 Å². The highest BCUT2D eigenvalue weighted by Gasteiger charge is 2.31. The van der Waals surface area contributed by atoms with Crippen molar-refractivity contribution in [1.82, 2.24) is 5.32 Å². The van der Waals surface area contributed by atoms with Gasteiger partial charge in [-0.15, -0.1) is 0 Å². The maximum atomic E-state index is 5.73. The summed E-state index contributed by atoms with van der Waals surface area (Å²) in [5, 5.41) is 3.60. The molecular weight excluding hydrogens is 222 g/mol. The summed E-state index contributed by atoms with van der Waals surface area (Å²) in [6, 6.07) is 0.490. The summed E-state index contributed by atoms with van der Waals surface area (Å²) in [4.78, 5) is 0. The second-order valence-electron chi connectivity index (χ2n) is 5.54. The van der Waals surface area contributed by atoms with Gasteiger partial charge in [-0.25, -0.2) is 0 Å². The molecule has 0 heterocycles. The molecule has 0 aliphatic rings. The topological polar surface area (TPSA) is 21.3 Å². The van der Waals surface area contributed by atoms with Crippen LogP contribution in [0.15, 0.2) is 0 Å². The van der Waals surface area contributed by atoms with Crippen LogP contribution in [0.4, 0.5) is 0 Å². The van der Waals surface area contributed by atoms with Crippen molar-refractivity contribution in [1.29, 1.82) is 0 Å². The number of rotatable bonds is 12. The SMILES string of the molecule is CCCCCCCCC(NCC)C(C)(CC)OC. The lowest BCUT2D eigenvalue weighted by Gasteiger charge is -2.36. The molecule has 0 saturated heterocycles. The Kier molecular flexibility index (Phi) is 10.8. The maximum absolute atomic E-state index is 5.73. The van der Waals surface area contributed by atoms with Gasteiger partial charge in [-0.2, -0.15) is 0 Å². The van der Waals surface area contributed by atoms with E-state index in [0.29, 0.717) is 6.04 Å². The molecule has 0 fully saturated rings. The molecule has 2 atom stereocenters. The molecule has 2 unspecified atom stereocenters. The first-order valence-electron chi connectivity index (χ1n) is 7.93. The number of hydrogen-bond acceptors (Lipinski definition) is 2. The summed E-state index contributed by atoms with van der Waals surface area (Å²) in [6.07, 6.45) is 10.5. The molecule has 2 nitrogen and oxygen atoms in total. The van der Waals surface area contributed by atoms with Gasteiger partial charge >= 0.3 is 0 Å². The van der Waals surface area contributed by atoms with Crippen molar-refractivity contribution in [2.75, 3.05) is 13.7 Å². The minimum atomic E-state index is -0.0145. The van der Waals surface area contributed by atoms with Crippen molar-refractivity contribution in [3.8, 4) is 0 Å². The zero-order valence-electron chi connectivity index (χ0n) is 13.3. The van der Waals surface area contributed by atoms with Crippen LogP contribution in [0.25, 0.3) is 0 Å². The summed E-state index contributed by atoms with van der Waals surface area (Å²) in [5.74, 6) is 0. The van der Waals surface area contributed by atoms with Gasteiger partial charge in [0.25, 0.3) is 0 Å². The van der Waals surface area contributed by atoms with E-state index in [0.717, 1.165) is 13.0 Å². The number of unbranched alkanes of at least 4 members (excludes halogenated alkanes) is 5. The maximum Gasteiger partial charge on any atom is 0.0800 e. The van der Waals surface area contributed by atoms with Gasteiger partial charge in [-0.05, 0) is 26.3 Å². The lowest BCUT2D eigenvalue weighted by molar-refractivity contribution is -0.0312. The molecule has 0 spiro atoms. The van der Waals surface area contributed by atoms with Crippen LogP contribution in [0.5, 0.6) is 0 Å². The fourth-order valence-corrected chi connectivity index (χ4v) is 2.53. The van der Waals surface area contributed by atoms with Gasteiger partial charge in [-0.3, -0.25) is 0 Å². The highest BCUT2D eigenvalue weighted by molar-refractivity contribution is 4.88. The van der Waals surface area contributed by atoms with E-state index >= 15 is 0 Å². The molecule has 0 rings (SSSR count). The third-order valence-electron chi connectivity index (χ3n) is 4.20.